The Labute approximate surface area is 170 Å². The van der Waals surface area contributed by atoms with Gasteiger partial charge in [0.1, 0.15) is 5.75 Å². The molecule has 0 aromatic heterocycles. The number of ether oxygens (including phenoxy) is 1. The van der Waals surface area contributed by atoms with Crippen LogP contribution in [0.5, 0.6) is 5.75 Å². The quantitative estimate of drug-likeness (QED) is 0.477. The Balaban J connectivity index is 1.44. The first-order chi connectivity index (χ1) is 13.8. The van der Waals surface area contributed by atoms with Gasteiger partial charge in [0.15, 0.2) is 0 Å². The molecule has 28 heavy (non-hydrogen) atoms. The largest absolute Gasteiger partial charge is 0.494 e. The summed E-state index contributed by atoms with van der Waals surface area (Å²) in [7, 11) is 0. The van der Waals surface area contributed by atoms with Crippen LogP contribution < -0.4 is 15.0 Å². The molecule has 4 nitrogen and oxygen atoms in total. The maximum absolute atomic E-state index is 6.02. The van der Waals surface area contributed by atoms with Gasteiger partial charge in [-0.1, -0.05) is 37.3 Å². The number of allylic oxidation sites excluding steroid dienone is 3. The summed E-state index contributed by atoms with van der Waals surface area (Å²) in [5.41, 5.74) is 2.59. The number of fused-ring (bicyclic) bond motifs is 1. The number of hydrogen-bond acceptors (Lipinski definition) is 4. The van der Waals surface area contributed by atoms with Crippen molar-refractivity contribution in [3.8, 4) is 5.75 Å². The Morgan fingerprint density at radius 1 is 1.18 bits per heavy atom. The molecule has 0 unspecified atom stereocenters. The number of anilines is 1. The van der Waals surface area contributed by atoms with Gasteiger partial charge in [-0.15, -0.1) is 0 Å². The van der Waals surface area contributed by atoms with Gasteiger partial charge >= 0.3 is 0 Å². The molecule has 2 aliphatic heterocycles. The van der Waals surface area contributed by atoms with Gasteiger partial charge in [-0.05, 0) is 69.5 Å². The highest BCUT2D eigenvalue weighted by Gasteiger charge is 2.21. The Hall–Kier alpha value is -2.20. The monoisotopic (exact) mass is 381 g/mol. The van der Waals surface area contributed by atoms with E-state index in [2.05, 4.69) is 46.0 Å². The third-order valence-corrected chi connectivity index (χ3v) is 5.47. The molecular weight excluding hydrogens is 346 g/mol. The van der Waals surface area contributed by atoms with Gasteiger partial charge in [-0.25, -0.2) is 0 Å². The van der Waals surface area contributed by atoms with Gasteiger partial charge in [-0.3, -0.25) is 0 Å². The molecule has 0 radical (unpaired) electrons. The summed E-state index contributed by atoms with van der Waals surface area (Å²) < 4.78 is 6.02. The number of rotatable bonds is 10. The lowest BCUT2D eigenvalue weighted by atomic mass is 10.1. The fourth-order valence-electron chi connectivity index (χ4n) is 3.94. The number of benzene rings is 1. The molecule has 1 saturated heterocycles. The second kappa shape index (κ2) is 11.0. The van der Waals surface area contributed by atoms with E-state index in [4.69, 9.17) is 4.74 Å². The second-order valence-corrected chi connectivity index (χ2v) is 7.58. The Morgan fingerprint density at radius 3 is 2.86 bits per heavy atom. The van der Waals surface area contributed by atoms with Crippen LogP contribution in [-0.4, -0.2) is 44.2 Å². The van der Waals surface area contributed by atoms with E-state index in [-0.39, 0.29) is 0 Å². The van der Waals surface area contributed by atoms with Crippen LogP contribution in [0.2, 0.25) is 0 Å². The van der Waals surface area contributed by atoms with Crippen molar-refractivity contribution in [3.05, 3.63) is 60.5 Å². The molecule has 0 saturated carbocycles. The van der Waals surface area contributed by atoms with Crippen molar-refractivity contribution in [1.82, 2.24) is 10.2 Å². The van der Waals surface area contributed by atoms with Crippen molar-refractivity contribution in [2.45, 2.75) is 39.0 Å². The van der Waals surface area contributed by atoms with E-state index in [1.807, 2.05) is 25.2 Å². The zero-order chi connectivity index (χ0) is 19.6. The van der Waals surface area contributed by atoms with E-state index in [0.29, 0.717) is 0 Å². The predicted octanol–water partition coefficient (Wildman–Crippen LogP) is 4.50. The number of nitrogens with one attached hydrogen (secondary N) is 1. The lowest BCUT2D eigenvalue weighted by Crippen LogP contribution is -2.31. The molecule has 152 valence electrons. The summed E-state index contributed by atoms with van der Waals surface area (Å²) in [4.78, 5) is 4.83. The van der Waals surface area contributed by atoms with Crippen LogP contribution in [0.25, 0.3) is 0 Å². The lowest BCUT2D eigenvalue weighted by molar-refractivity contribution is 0.205. The number of likely N-dealkylation sites (tertiary alicyclic amines) is 1. The van der Waals surface area contributed by atoms with Gasteiger partial charge < -0.3 is 19.9 Å². The average molecular weight is 382 g/mol. The SMILES string of the molecule is C=C(NC/C=C\C=C/C)N1CCc2cc(OCCCN3CCCCC3)ccc21. The molecule has 1 aromatic rings. The minimum absolute atomic E-state index is 0.785. The molecule has 2 heterocycles. The first kappa shape index (κ1) is 20.5. The van der Waals surface area contributed by atoms with Gasteiger partial charge in [0.2, 0.25) is 0 Å². The van der Waals surface area contributed by atoms with Crippen LogP contribution in [0.1, 0.15) is 38.2 Å². The van der Waals surface area contributed by atoms with Crippen molar-refractivity contribution in [3.63, 3.8) is 0 Å². The molecule has 0 amide bonds. The second-order valence-electron chi connectivity index (χ2n) is 7.58. The zero-order valence-electron chi connectivity index (χ0n) is 17.3. The summed E-state index contributed by atoms with van der Waals surface area (Å²) in [5, 5.41) is 3.39. The molecule has 0 spiro atoms. The first-order valence-electron chi connectivity index (χ1n) is 10.7. The normalized spacial score (nSPS) is 17.4. The topological polar surface area (TPSA) is 27.7 Å². The highest BCUT2D eigenvalue weighted by molar-refractivity contribution is 5.63. The Morgan fingerprint density at radius 2 is 2.04 bits per heavy atom. The maximum atomic E-state index is 6.02. The smallest absolute Gasteiger partial charge is 0.119 e. The standard InChI is InChI=1S/C24H35N3O/c1-3-4-5-7-14-25-21(2)27-18-13-22-20-23(11-12-24(22)27)28-19-10-17-26-15-8-6-9-16-26/h3-5,7,11-12,20,25H,2,6,8-10,13-19H2,1H3/b4-3-,7-5-. The minimum atomic E-state index is 0.785. The number of nitrogens with zero attached hydrogens (tertiary/aromatic N) is 2. The highest BCUT2D eigenvalue weighted by Crippen LogP contribution is 2.32. The summed E-state index contributed by atoms with van der Waals surface area (Å²) in [5.74, 6) is 1.95. The molecule has 0 aliphatic carbocycles. The first-order valence-corrected chi connectivity index (χ1v) is 10.7. The summed E-state index contributed by atoms with van der Waals surface area (Å²) in [6, 6.07) is 6.47. The highest BCUT2D eigenvalue weighted by atomic mass is 16.5. The van der Waals surface area contributed by atoms with E-state index < -0.39 is 0 Å². The Bertz CT molecular complexity index is 689. The molecule has 2 aliphatic rings. The minimum Gasteiger partial charge on any atom is -0.494 e. The predicted molar refractivity (Wildman–Crippen MR) is 119 cm³/mol. The van der Waals surface area contributed by atoms with E-state index in [1.165, 1.54) is 43.6 Å². The number of piperidine rings is 1. The van der Waals surface area contributed by atoms with E-state index in [0.717, 1.165) is 50.7 Å². The lowest BCUT2D eigenvalue weighted by Gasteiger charge is -2.26. The van der Waals surface area contributed by atoms with Crippen molar-refractivity contribution in [2.24, 2.45) is 0 Å². The molecular formula is C24H35N3O. The van der Waals surface area contributed by atoms with Crippen LogP contribution in [0, 0.1) is 0 Å². The molecule has 0 bridgehead atoms. The van der Waals surface area contributed by atoms with Crippen LogP contribution in [0.3, 0.4) is 0 Å². The fourth-order valence-corrected chi connectivity index (χ4v) is 3.94. The Kier molecular flexibility index (Phi) is 8.04. The van der Waals surface area contributed by atoms with Gasteiger partial charge in [0, 0.05) is 25.3 Å². The van der Waals surface area contributed by atoms with Crippen LogP contribution in [0.4, 0.5) is 5.69 Å². The van der Waals surface area contributed by atoms with E-state index in [1.54, 1.807) is 0 Å². The van der Waals surface area contributed by atoms with Gasteiger partial charge in [0.25, 0.3) is 0 Å². The van der Waals surface area contributed by atoms with Crippen LogP contribution in [-0.2, 0) is 6.42 Å². The van der Waals surface area contributed by atoms with Crippen LogP contribution in [0.15, 0.2) is 54.9 Å². The van der Waals surface area contributed by atoms with Crippen molar-refractivity contribution in [2.75, 3.05) is 44.2 Å². The average Bonchev–Trinajstić information content (AvgIpc) is 3.15. The molecule has 4 heteroatoms. The summed E-state index contributed by atoms with van der Waals surface area (Å²) in [6.07, 6.45) is 14.5. The fraction of sp³-hybridized carbons (Fsp3) is 0.500. The molecule has 1 aromatic carbocycles. The van der Waals surface area contributed by atoms with Gasteiger partial charge in [0.05, 0.1) is 12.4 Å². The van der Waals surface area contributed by atoms with Crippen molar-refractivity contribution < 1.29 is 4.74 Å². The summed E-state index contributed by atoms with van der Waals surface area (Å²) in [6.45, 7) is 12.5. The van der Waals surface area contributed by atoms with E-state index in [9.17, 15) is 0 Å². The van der Waals surface area contributed by atoms with E-state index >= 15 is 0 Å². The van der Waals surface area contributed by atoms with Gasteiger partial charge in [-0.2, -0.15) is 0 Å². The molecule has 3 rings (SSSR count). The molecule has 1 fully saturated rings. The number of hydrogen-bond donors (Lipinski definition) is 1. The van der Waals surface area contributed by atoms with Crippen molar-refractivity contribution >= 4 is 5.69 Å². The summed E-state index contributed by atoms with van der Waals surface area (Å²) >= 11 is 0. The zero-order valence-corrected chi connectivity index (χ0v) is 17.3. The van der Waals surface area contributed by atoms with Crippen LogP contribution >= 0.6 is 0 Å². The third kappa shape index (κ3) is 5.90. The molecule has 0 atom stereocenters. The maximum Gasteiger partial charge on any atom is 0.119 e. The van der Waals surface area contributed by atoms with Crippen molar-refractivity contribution in [1.29, 1.82) is 0 Å². The molecule has 1 N–H and O–H groups in total. The third-order valence-electron chi connectivity index (χ3n) is 5.47.